The van der Waals surface area contributed by atoms with Crippen LogP contribution >= 0.6 is 11.6 Å². The van der Waals surface area contributed by atoms with Gasteiger partial charge < -0.3 is 16.4 Å². The summed E-state index contributed by atoms with van der Waals surface area (Å²) in [6.07, 6.45) is 8.81. The van der Waals surface area contributed by atoms with Crippen molar-refractivity contribution in [3.8, 4) is 0 Å². The van der Waals surface area contributed by atoms with Gasteiger partial charge in [0.25, 0.3) is 0 Å². The third-order valence-electron chi connectivity index (χ3n) is 4.00. The monoisotopic (exact) mass is 270 g/mol. The van der Waals surface area contributed by atoms with E-state index in [-0.39, 0.29) is 0 Å². The van der Waals surface area contributed by atoms with Gasteiger partial charge in [-0.2, -0.15) is 0 Å². The Morgan fingerprint density at radius 1 is 1.22 bits per heavy atom. The molecule has 2 aliphatic rings. The van der Waals surface area contributed by atoms with Crippen LogP contribution in [0.5, 0.6) is 0 Å². The van der Waals surface area contributed by atoms with Crippen LogP contribution in [0.2, 0.25) is 0 Å². The van der Waals surface area contributed by atoms with Crippen molar-refractivity contribution in [2.24, 2.45) is 16.5 Å². The van der Waals surface area contributed by atoms with E-state index in [0.29, 0.717) is 23.0 Å². The molecule has 2 unspecified atom stereocenters. The van der Waals surface area contributed by atoms with Gasteiger partial charge in [0.2, 0.25) is 0 Å². The van der Waals surface area contributed by atoms with E-state index in [9.17, 15) is 0 Å². The first-order valence-electron chi connectivity index (χ1n) is 6.86. The lowest BCUT2D eigenvalue weighted by Crippen LogP contribution is -2.37. The molecule has 18 heavy (non-hydrogen) atoms. The highest BCUT2D eigenvalue weighted by Crippen LogP contribution is 2.29. The molecule has 0 amide bonds. The topological polar surface area (TPSA) is 67.6 Å². The summed E-state index contributed by atoms with van der Waals surface area (Å²) in [7, 11) is 0. The molecule has 102 valence electrons. The molecular weight excluding hydrogens is 248 g/mol. The zero-order valence-corrected chi connectivity index (χ0v) is 11.6. The molecule has 4 N–H and O–H groups in total. The maximum Gasteiger partial charge on any atom is 0.148 e. The number of nitrogens with two attached hydrogens (primary N) is 2. The normalized spacial score (nSPS) is 31.8. The van der Waals surface area contributed by atoms with Gasteiger partial charge in [-0.15, -0.1) is 0 Å². The molecule has 4 nitrogen and oxygen atoms in total. The fourth-order valence-corrected chi connectivity index (χ4v) is 3.17. The lowest BCUT2D eigenvalue weighted by Gasteiger charge is -2.32. The summed E-state index contributed by atoms with van der Waals surface area (Å²) >= 11 is 6.01. The number of piperidine rings is 1. The van der Waals surface area contributed by atoms with Gasteiger partial charge >= 0.3 is 0 Å². The number of likely N-dealkylation sites (tertiary alicyclic amines) is 1. The van der Waals surface area contributed by atoms with Crippen LogP contribution in [0, 0.1) is 0 Å². The van der Waals surface area contributed by atoms with E-state index in [0.717, 1.165) is 12.8 Å². The van der Waals surface area contributed by atoms with E-state index < -0.39 is 0 Å². The largest absolute Gasteiger partial charge is 0.403 e. The van der Waals surface area contributed by atoms with E-state index in [2.05, 4.69) is 9.89 Å². The first-order valence-corrected chi connectivity index (χ1v) is 7.23. The zero-order chi connectivity index (χ0) is 13.0. The second-order valence-corrected chi connectivity index (χ2v) is 5.62. The van der Waals surface area contributed by atoms with Crippen molar-refractivity contribution in [3.05, 3.63) is 11.9 Å². The first kappa shape index (κ1) is 13.7. The molecule has 0 bridgehead atoms. The molecule has 0 aromatic heterocycles. The summed E-state index contributed by atoms with van der Waals surface area (Å²) in [6, 6.07) is 0.995. The number of nitrogens with zero attached hydrogens (tertiary/aromatic N) is 2. The molecule has 1 aliphatic carbocycles. The number of hydrogen-bond donors (Lipinski definition) is 2. The Labute approximate surface area is 114 Å². The minimum absolute atomic E-state index is 0.308. The van der Waals surface area contributed by atoms with Crippen LogP contribution in [-0.2, 0) is 0 Å². The Morgan fingerprint density at radius 3 is 2.61 bits per heavy atom. The average molecular weight is 271 g/mol. The van der Waals surface area contributed by atoms with E-state index in [1.165, 1.54) is 45.0 Å². The summed E-state index contributed by atoms with van der Waals surface area (Å²) in [4.78, 5) is 7.09. The van der Waals surface area contributed by atoms with Crippen molar-refractivity contribution in [2.75, 3.05) is 13.1 Å². The second kappa shape index (κ2) is 6.43. The lowest BCUT2D eigenvalue weighted by molar-refractivity contribution is 0.164. The van der Waals surface area contributed by atoms with Crippen LogP contribution in [0.25, 0.3) is 0 Å². The lowest BCUT2D eigenvalue weighted by atomic mass is 10.1. The van der Waals surface area contributed by atoms with Crippen LogP contribution in [-0.4, -0.2) is 35.2 Å². The van der Waals surface area contributed by atoms with Crippen molar-refractivity contribution in [1.82, 2.24) is 4.90 Å². The van der Waals surface area contributed by atoms with Gasteiger partial charge in [0.15, 0.2) is 0 Å². The van der Waals surface area contributed by atoms with Gasteiger partial charge in [-0.25, -0.2) is 0 Å². The molecule has 5 heteroatoms. The van der Waals surface area contributed by atoms with Gasteiger partial charge in [0.1, 0.15) is 5.17 Å². The molecule has 1 aliphatic heterocycles. The van der Waals surface area contributed by atoms with Crippen molar-refractivity contribution in [1.29, 1.82) is 0 Å². The molecule has 2 rings (SSSR count). The van der Waals surface area contributed by atoms with Crippen LogP contribution in [0.1, 0.15) is 38.5 Å². The Balaban J connectivity index is 1.88. The highest BCUT2D eigenvalue weighted by atomic mass is 35.5. The fourth-order valence-electron chi connectivity index (χ4n) is 2.97. The predicted molar refractivity (Wildman–Crippen MR) is 76.6 cm³/mol. The molecule has 0 aromatic carbocycles. The van der Waals surface area contributed by atoms with E-state index in [1.807, 2.05) is 0 Å². The molecular formula is C13H23ClN4. The molecule has 1 saturated carbocycles. The van der Waals surface area contributed by atoms with Crippen LogP contribution in [0.15, 0.2) is 16.9 Å². The van der Waals surface area contributed by atoms with Crippen LogP contribution in [0.3, 0.4) is 0 Å². The summed E-state index contributed by atoms with van der Waals surface area (Å²) in [6.45, 7) is 2.50. The molecule has 2 atom stereocenters. The van der Waals surface area contributed by atoms with E-state index in [1.54, 1.807) is 0 Å². The Morgan fingerprint density at radius 2 is 1.94 bits per heavy atom. The van der Waals surface area contributed by atoms with Crippen molar-refractivity contribution < 1.29 is 0 Å². The second-order valence-electron chi connectivity index (χ2n) is 5.26. The molecule has 1 heterocycles. The van der Waals surface area contributed by atoms with Crippen LogP contribution < -0.4 is 11.5 Å². The highest BCUT2D eigenvalue weighted by Gasteiger charge is 2.29. The fraction of sp³-hybridized carbons (Fsp3) is 0.769. The van der Waals surface area contributed by atoms with E-state index >= 15 is 0 Å². The maximum atomic E-state index is 6.01. The smallest absolute Gasteiger partial charge is 0.148 e. The minimum atomic E-state index is 0.308. The van der Waals surface area contributed by atoms with Gasteiger partial charge in [0, 0.05) is 12.2 Å². The molecule has 1 saturated heterocycles. The van der Waals surface area contributed by atoms with Gasteiger partial charge in [-0.05, 0) is 45.2 Å². The quantitative estimate of drug-likeness (QED) is 0.769. The molecule has 0 aromatic rings. The Bertz CT molecular complexity index is 334. The summed E-state index contributed by atoms with van der Waals surface area (Å²) in [5, 5.41) is 0.363. The average Bonchev–Trinajstić information content (AvgIpc) is 2.87. The summed E-state index contributed by atoms with van der Waals surface area (Å²) < 4.78 is 0. The van der Waals surface area contributed by atoms with Crippen molar-refractivity contribution >= 4 is 16.8 Å². The number of hydrogen-bond acceptors (Lipinski definition) is 4. The standard InChI is InChI=1S/C13H23ClN4/c14-13(12(16)9-15)17-10-4-5-11(8-10)18-6-2-1-3-7-18/h9-11H,1-8,15-16H2. The van der Waals surface area contributed by atoms with Gasteiger partial charge in [-0.3, -0.25) is 4.99 Å². The number of allylic oxidation sites excluding steroid dienone is 1. The summed E-state index contributed by atoms with van der Waals surface area (Å²) in [5.74, 6) is 0. The first-order chi connectivity index (χ1) is 8.70. The van der Waals surface area contributed by atoms with E-state index in [4.69, 9.17) is 23.1 Å². The molecule has 2 fully saturated rings. The third kappa shape index (κ3) is 3.39. The SMILES string of the molecule is NC=C(N)C(Cl)=NC1CCC(N2CCCCC2)C1. The number of aliphatic imine (C=N–C) groups is 1. The number of halogens is 1. The number of rotatable bonds is 3. The highest BCUT2D eigenvalue weighted by molar-refractivity contribution is 6.69. The Hall–Kier alpha value is -0.740. The third-order valence-corrected chi connectivity index (χ3v) is 4.31. The van der Waals surface area contributed by atoms with Crippen molar-refractivity contribution in [3.63, 3.8) is 0 Å². The van der Waals surface area contributed by atoms with Crippen molar-refractivity contribution in [2.45, 2.75) is 50.6 Å². The maximum absolute atomic E-state index is 6.01. The minimum Gasteiger partial charge on any atom is -0.403 e. The molecule has 0 radical (unpaired) electrons. The van der Waals surface area contributed by atoms with Gasteiger partial charge in [0.05, 0.1) is 11.7 Å². The zero-order valence-electron chi connectivity index (χ0n) is 10.8. The predicted octanol–water partition coefficient (Wildman–Crippen LogP) is 1.79. The molecule has 0 spiro atoms. The van der Waals surface area contributed by atoms with Gasteiger partial charge in [-0.1, -0.05) is 18.0 Å². The van der Waals surface area contributed by atoms with Crippen LogP contribution in [0.4, 0.5) is 0 Å². The summed E-state index contributed by atoms with van der Waals surface area (Å²) in [5.41, 5.74) is 11.3. The Kier molecular flexibility index (Phi) is 4.89.